The number of nitrogens with two attached hydrogens (primary N) is 1. The van der Waals surface area contributed by atoms with Crippen molar-refractivity contribution in [3.63, 3.8) is 0 Å². The lowest BCUT2D eigenvalue weighted by Gasteiger charge is -2.40. The molecule has 1 fully saturated rings. The van der Waals surface area contributed by atoms with Crippen molar-refractivity contribution in [2.75, 3.05) is 12.3 Å². The van der Waals surface area contributed by atoms with Crippen LogP contribution in [0.25, 0.3) is 0 Å². The molecule has 0 spiro atoms. The summed E-state index contributed by atoms with van der Waals surface area (Å²) in [5.74, 6) is -1.42. The van der Waals surface area contributed by atoms with Crippen molar-refractivity contribution in [1.29, 1.82) is 0 Å². The molecule has 0 amide bonds. The van der Waals surface area contributed by atoms with Crippen LogP contribution >= 0.6 is 0 Å². The predicted molar refractivity (Wildman–Crippen MR) is 191 cm³/mol. The molecule has 1 heterocycles. The van der Waals surface area contributed by atoms with Gasteiger partial charge in [0.05, 0.1) is 22.8 Å². The average Bonchev–Trinajstić information content (AvgIpc) is 3.17. The van der Waals surface area contributed by atoms with Gasteiger partial charge in [0, 0.05) is 24.6 Å². The van der Waals surface area contributed by atoms with Gasteiger partial charge in [0.15, 0.2) is 0 Å². The zero-order chi connectivity index (χ0) is 35.6. The molecule has 4 atom stereocenters. The van der Waals surface area contributed by atoms with Crippen LogP contribution in [0.1, 0.15) is 61.1 Å². The van der Waals surface area contributed by atoms with Gasteiger partial charge in [-0.05, 0) is 65.6 Å². The summed E-state index contributed by atoms with van der Waals surface area (Å²) < 4.78 is 30.7. The van der Waals surface area contributed by atoms with Crippen molar-refractivity contribution in [3.05, 3.63) is 167 Å². The summed E-state index contributed by atoms with van der Waals surface area (Å²) in [7, 11) is 0. The molecule has 5 aromatic carbocycles. The first-order valence-corrected chi connectivity index (χ1v) is 16.9. The largest absolute Gasteiger partial charge is 0.460 e. The Bertz CT molecular complexity index is 1920. The van der Waals surface area contributed by atoms with E-state index in [1.807, 2.05) is 6.07 Å². The second-order valence-corrected chi connectivity index (χ2v) is 12.2. The van der Waals surface area contributed by atoms with Crippen molar-refractivity contribution in [1.82, 2.24) is 0 Å². The first-order valence-electron chi connectivity index (χ1n) is 16.9. The molecular weight excluding hydrogens is 646 g/mol. The van der Waals surface area contributed by atoms with E-state index in [0.29, 0.717) is 34.5 Å². The van der Waals surface area contributed by atoms with Gasteiger partial charge >= 0.3 is 17.9 Å². The number of esters is 3. The van der Waals surface area contributed by atoms with Crippen LogP contribution in [0.3, 0.4) is 0 Å². The number of benzene rings is 5. The van der Waals surface area contributed by atoms with Gasteiger partial charge in [-0.1, -0.05) is 91.9 Å². The molecule has 2 N–H and O–H groups in total. The second-order valence-electron chi connectivity index (χ2n) is 12.2. The predicted octanol–water partition coefficient (Wildman–Crippen LogP) is 7.22. The third kappa shape index (κ3) is 9.20. The molecule has 5 aromatic rings. The summed E-state index contributed by atoms with van der Waals surface area (Å²) in [6.07, 6.45) is -2.86. The van der Waals surface area contributed by atoms with Crippen LogP contribution in [0.2, 0.25) is 0 Å². The number of aryl methyl sites for hydroxylation is 1. The van der Waals surface area contributed by atoms with E-state index in [-0.39, 0.29) is 13.0 Å². The molecule has 9 heteroatoms. The minimum absolute atomic E-state index is 0.0425. The molecule has 1 saturated heterocycles. The van der Waals surface area contributed by atoms with Crippen LogP contribution in [0.5, 0.6) is 5.75 Å². The SMILES string of the molecule is CCc1ccc(Cc2ccc(N)cc2O[C@H]2O[C@H](COC(=O)c3ccccc3)C[C@H](OC(=O)c3ccccc3)[C@H]2OC(=O)c2ccccc2)cc1. The Balaban J connectivity index is 1.33. The summed E-state index contributed by atoms with van der Waals surface area (Å²) in [6.45, 7) is 1.92. The Morgan fingerprint density at radius 3 is 1.82 bits per heavy atom. The molecule has 0 aliphatic carbocycles. The average molecular weight is 686 g/mol. The van der Waals surface area contributed by atoms with E-state index in [4.69, 9.17) is 29.4 Å². The number of carbonyl (C=O) groups is 3. The number of hydrogen-bond donors (Lipinski definition) is 1. The maximum atomic E-state index is 13.5. The third-order valence-electron chi connectivity index (χ3n) is 8.55. The molecule has 260 valence electrons. The van der Waals surface area contributed by atoms with Crippen molar-refractivity contribution in [3.8, 4) is 5.75 Å². The number of rotatable bonds is 12. The Hall–Kier alpha value is -5.93. The number of hydrogen-bond acceptors (Lipinski definition) is 9. The van der Waals surface area contributed by atoms with Crippen molar-refractivity contribution < 1.29 is 38.1 Å². The van der Waals surface area contributed by atoms with Crippen molar-refractivity contribution in [2.24, 2.45) is 0 Å². The maximum absolute atomic E-state index is 13.5. The molecule has 1 aliphatic heterocycles. The first kappa shape index (κ1) is 34.9. The zero-order valence-corrected chi connectivity index (χ0v) is 28.2. The highest BCUT2D eigenvalue weighted by molar-refractivity contribution is 5.90. The minimum Gasteiger partial charge on any atom is -0.460 e. The highest BCUT2D eigenvalue weighted by atomic mass is 16.7. The Morgan fingerprint density at radius 1 is 0.686 bits per heavy atom. The molecule has 0 saturated carbocycles. The quantitative estimate of drug-likeness (QED) is 0.0824. The van der Waals surface area contributed by atoms with Crippen LogP contribution in [0.4, 0.5) is 5.69 Å². The fourth-order valence-electron chi connectivity index (χ4n) is 5.78. The summed E-state index contributed by atoms with van der Waals surface area (Å²) in [4.78, 5) is 39.8. The number of carbonyl (C=O) groups excluding carboxylic acids is 3. The Kier molecular flexibility index (Phi) is 11.4. The lowest BCUT2D eigenvalue weighted by atomic mass is 10.0. The summed E-state index contributed by atoms with van der Waals surface area (Å²) in [5.41, 5.74) is 10.8. The van der Waals surface area contributed by atoms with Crippen molar-refractivity contribution >= 4 is 23.6 Å². The fourth-order valence-corrected chi connectivity index (χ4v) is 5.78. The minimum atomic E-state index is -1.29. The van der Waals surface area contributed by atoms with Gasteiger partial charge in [0.1, 0.15) is 18.5 Å². The lowest BCUT2D eigenvalue weighted by Crippen LogP contribution is -2.55. The fraction of sp³-hybridized carbons (Fsp3) is 0.214. The van der Waals surface area contributed by atoms with E-state index in [0.717, 1.165) is 17.5 Å². The Morgan fingerprint density at radius 2 is 1.24 bits per heavy atom. The molecule has 0 bridgehead atoms. The van der Waals surface area contributed by atoms with Gasteiger partial charge in [-0.25, -0.2) is 14.4 Å². The molecule has 6 rings (SSSR count). The molecule has 0 unspecified atom stereocenters. The van der Waals surface area contributed by atoms with Crippen molar-refractivity contribution in [2.45, 2.75) is 50.8 Å². The van der Waals surface area contributed by atoms with Crippen LogP contribution in [0, 0.1) is 0 Å². The second kappa shape index (κ2) is 16.7. The smallest absolute Gasteiger partial charge is 0.338 e. The topological polar surface area (TPSA) is 123 Å². The van der Waals surface area contributed by atoms with Gasteiger partial charge in [0.2, 0.25) is 12.4 Å². The number of ether oxygens (including phenoxy) is 5. The monoisotopic (exact) mass is 685 g/mol. The van der Waals surface area contributed by atoms with Crippen LogP contribution in [-0.4, -0.2) is 49.1 Å². The lowest BCUT2D eigenvalue weighted by molar-refractivity contribution is -0.240. The van der Waals surface area contributed by atoms with E-state index >= 15 is 0 Å². The first-order chi connectivity index (χ1) is 24.9. The summed E-state index contributed by atoms with van der Waals surface area (Å²) in [6, 6.07) is 39.2. The van der Waals surface area contributed by atoms with Gasteiger partial charge in [0.25, 0.3) is 0 Å². The summed E-state index contributed by atoms with van der Waals surface area (Å²) >= 11 is 0. The van der Waals surface area contributed by atoms with E-state index in [1.165, 1.54) is 5.56 Å². The molecule has 0 aromatic heterocycles. The van der Waals surface area contributed by atoms with Gasteiger partial charge < -0.3 is 29.4 Å². The highest BCUT2D eigenvalue weighted by Crippen LogP contribution is 2.33. The normalized spacial score (nSPS) is 18.3. The Labute approximate surface area is 296 Å². The van der Waals surface area contributed by atoms with Gasteiger partial charge in [-0.3, -0.25) is 0 Å². The van der Waals surface area contributed by atoms with E-state index in [2.05, 4.69) is 31.2 Å². The van der Waals surface area contributed by atoms with E-state index in [1.54, 1.807) is 103 Å². The molecule has 9 nitrogen and oxygen atoms in total. The molecule has 0 radical (unpaired) electrons. The standard InChI is InChI=1S/C42H39NO8/c1-2-28-18-20-29(21-19-28)24-33-22-23-34(43)25-36(33)50-42-38(51-41(46)32-16-10-5-11-17-32)37(49-40(45)31-14-8-4-9-15-31)26-35(48-42)27-47-39(44)30-12-6-3-7-13-30/h3-23,25,35,37-38,42H,2,24,26-27,43H2,1H3/t35-,37-,38+,42+/m0/s1. The third-order valence-corrected chi connectivity index (χ3v) is 8.55. The molecular formula is C42H39NO8. The van der Waals surface area contributed by atoms with Gasteiger partial charge in [-0.15, -0.1) is 0 Å². The number of anilines is 1. The molecule has 51 heavy (non-hydrogen) atoms. The van der Waals surface area contributed by atoms with Crippen LogP contribution in [0.15, 0.2) is 133 Å². The van der Waals surface area contributed by atoms with E-state index in [9.17, 15) is 14.4 Å². The molecule has 1 aliphatic rings. The summed E-state index contributed by atoms with van der Waals surface area (Å²) in [5, 5.41) is 0. The number of nitrogen functional groups attached to an aromatic ring is 1. The van der Waals surface area contributed by atoms with E-state index < -0.39 is 42.5 Å². The highest BCUT2D eigenvalue weighted by Gasteiger charge is 2.46. The maximum Gasteiger partial charge on any atom is 0.338 e. The van der Waals surface area contributed by atoms with Crippen LogP contribution < -0.4 is 10.5 Å². The van der Waals surface area contributed by atoms with Crippen LogP contribution in [-0.2, 0) is 31.8 Å². The zero-order valence-electron chi connectivity index (χ0n) is 28.2. The van der Waals surface area contributed by atoms with Gasteiger partial charge in [-0.2, -0.15) is 0 Å².